The molecule has 5 nitrogen and oxygen atoms in total. The molecule has 0 aromatic heterocycles. The van der Waals surface area contributed by atoms with Crippen molar-refractivity contribution in [1.82, 2.24) is 4.90 Å². The van der Waals surface area contributed by atoms with Crippen molar-refractivity contribution in [1.29, 1.82) is 0 Å². The summed E-state index contributed by atoms with van der Waals surface area (Å²) in [6.45, 7) is 1.99. The molecule has 0 fully saturated rings. The van der Waals surface area contributed by atoms with Crippen molar-refractivity contribution >= 4 is 40.8 Å². The van der Waals surface area contributed by atoms with Crippen molar-refractivity contribution in [3.8, 4) is 0 Å². The third-order valence-corrected chi connectivity index (χ3v) is 3.30. The fraction of sp³-hybridized carbons (Fsp3) is 0.333. The summed E-state index contributed by atoms with van der Waals surface area (Å²) in [6, 6.07) is 2.78. The third kappa shape index (κ3) is 4.01. The second kappa shape index (κ2) is 6.63. The highest BCUT2D eigenvalue weighted by Crippen LogP contribution is 2.29. The summed E-state index contributed by atoms with van der Waals surface area (Å²) in [5, 5.41) is 0.211. The molecule has 0 spiro atoms. The lowest BCUT2D eigenvalue weighted by Crippen LogP contribution is -2.31. The highest BCUT2D eigenvalue weighted by molar-refractivity contribution is 6.44. The summed E-state index contributed by atoms with van der Waals surface area (Å²) in [5.41, 5.74) is 5.90. The molecule has 0 aliphatic heterocycles. The van der Waals surface area contributed by atoms with E-state index in [4.69, 9.17) is 33.7 Å². The Kier molecular flexibility index (Phi) is 5.44. The third-order valence-electron chi connectivity index (χ3n) is 2.50. The molecule has 0 radical (unpaired) electrons. The Balaban J connectivity index is 2.77. The second-order valence-corrected chi connectivity index (χ2v) is 4.63. The monoisotopic (exact) mass is 304 g/mol. The van der Waals surface area contributed by atoms with Crippen LogP contribution in [0.4, 0.5) is 5.69 Å². The first-order chi connectivity index (χ1) is 8.86. The van der Waals surface area contributed by atoms with E-state index in [0.717, 1.165) is 0 Å². The number of nitrogens with two attached hydrogens (primary N) is 1. The summed E-state index contributed by atoms with van der Waals surface area (Å²) < 4.78 is 4.87. The molecule has 104 valence electrons. The normalized spacial score (nSPS) is 10.1. The van der Waals surface area contributed by atoms with E-state index in [-0.39, 0.29) is 28.1 Å². The van der Waals surface area contributed by atoms with Crippen LogP contribution in [0.2, 0.25) is 10.0 Å². The molecular formula is C12H14Cl2N2O3. The number of hydrogen-bond acceptors (Lipinski definition) is 4. The SMILES string of the molecule is CCN(C)C(=O)COC(=O)c1cc(N)cc(Cl)c1Cl. The van der Waals surface area contributed by atoms with Gasteiger partial charge in [-0.05, 0) is 19.1 Å². The molecule has 1 rings (SSSR count). The van der Waals surface area contributed by atoms with Crippen LogP contribution >= 0.6 is 23.2 Å². The lowest BCUT2D eigenvalue weighted by Gasteiger charge is -2.14. The van der Waals surface area contributed by atoms with Crippen molar-refractivity contribution in [3.63, 3.8) is 0 Å². The first-order valence-electron chi connectivity index (χ1n) is 5.52. The predicted octanol–water partition coefficient (Wildman–Crippen LogP) is 2.21. The zero-order valence-corrected chi connectivity index (χ0v) is 12.1. The minimum Gasteiger partial charge on any atom is -0.452 e. The maximum atomic E-state index is 11.8. The van der Waals surface area contributed by atoms with Gasteiger partial charge < -0.3 is 15.4 Å². The molecule has 0 saturated carbocycles. The van der Waals surface area contributed by atoms with Gasteiger partial charge in [-0.3, -0.25) is 4.79 Å². The van der Waals surface area contributed by atoms with E-state index in [1.165, 1.54) is 17.0 Å². The van der Waals surface area contributed by atoms with Crippen LogP contribution in [0.15, 0.2) is 12.1 Å². The molecule has 0 heterocycles. The molecule has 7 heteroatoms. The maximum Gasteiger partial charge on any atom is 0.340 e. The Bertz CT molecular complexity index is 506. The summed E-state index contributed by atoms with van der Waals surface area (Å²) in [7, 11) is 1.61. The van der Waals surface area contributed by atoms with Crippen LogP contribution in [0.3, 0.4) is 0 Å². The number of halogens is 2. The molecule has 0 atom stereocenters. The standard InChI is InChI=1S/C12H14Cl2N2O3/c1-3-16(2)10(17)6-19-12(18)8-4-7(15)5-9(13)11(8)14/h4-5H,3,6,15H2,1-2H3. The van der Waals surface area contributed by atoms with Gasteiger partial charge in [-0.1, -0.05) is 23.2 Å². The van der Waals surface area contributed by atoms with Crippen molar-refractivity contribution in [2.75, 3.05) is 25.9 Å². The van der Waals surface area contributed by atoms with Gasteiger partial charge in [0.1, 0.15) is 0 Å². The van der Waals surface area contributed by atoms with Gasteiger partial charge in [0.05, 0.1) is 15.6 Å². The van der Waals surface area contributed by atoms with Crippen molar-refractivity contribution in [2.24, 2.45) is 0 Å². The van der Waals surface area contributed by atoms with E-state index in [1.54, 1.807) is 7.05 Å². The topological polar surface area (TPSA) is 72.6 Å². The van der Waals surface area contributed by atoms with E-state index in [1.807, 2.05) is 6.92 Å². The second-order valence-electron chi connectivity index (χ2n) is 3.85. The number of nitrogens with zero attached hydrogens (tertiary/aromatic N) is 1. The van der Waals surface area contributed by atoms with Crippen LogP contribution in [0.5, 0.6) is 0 Å². The molecule has 2 N–H and O–H groups in total. The number of amides is 1. The van der Waals surface area contributed by atoms with Gasteiger partial charge in [-0.2, -0.15) is 0 Å². The molecule has 0 aliphatic carbocycles. The van der Waals surface area contributed by atoms with Gasteiger partial charge in [-0.25, -0.2) is 4.79 Å². The number of anilines is 1. The van der Waals surface area contributed by atoms with Gasteiger partial charge in [-0.15, -0.1) is 0 Å². The van der Waals surface area contributed by atoms with Crippen molar-refractivity contribution in [3.05, 3.63) is 27.7 Å². The minimum absolute atomic E-state index is 0.0404. The number of rotatable bonds is 4. The largest absolute Gasteiger partial charge is 0.452 e. The fourth-order valence-corrected chi connectivity index (χ4v) is 1.66. The number of benzene rings is 1. The number of nitrogen functional groups attached to an aromatic ring is 1. The number of ether oxygens (including phenoxy) is 1. The van der Waals surface area contributed by atoms with Gasteiger partial charge in [0.15, 0.2) is 6.61 Å². The summed E-state index contributed by atoms with van der Waals surface area (Å²) in [4.78, 5) is 24.7. The average molecular weight is 305 g/mol. The Morgan fingerprint density at radius 2 is 2.00 bits per heavy atom. The van der Waals surface area contributed by atoms with E-state index >= 15 is 0 Å². The Hall–Kier alpha value is -1.46. The molecular weight excluding hydrogens is 291 g/mol. The number of esters is 1. The zero-order valence-electron chi connectivity index (χ0n) is 10.6. The maximum absolute atomic E-state index is 11.8. The van der Waals surface area contributed by atoms with Gasteiger partial charge in [0.25, 0.3) is 5.91 Å². The van der Waals surface area contributed by atoms with E-state index < -0.39 is 5.97 Å². The highest BCUT2D eigenvalue weighted by Gasteiger charge is 2.17. The number of likely N-dealkylation sites (N-methyl/N-ethyl adjacent to an activating group) is 1. The van der Waals surface area contributed by atoms with Gasteiger partial charge >= 0.3 is 5.97 Å². The number of carbonyl (C=O) groups excluding carboxylic acids is 2. The molecule has 0 aliphatic rings. The summed E-state index contributed by atoms with van der Waals surface area (Å²) in [6.07, 6.45) is 0. The van der Waals surface area contributed by atoms with Crippen LogP contribution in [0.1, 0.15) is 17.3 Å². The van der Waals surface area contributed by atoms with Crippen LogP contribution in [0, 0.1) is 0 Å². The predicted molar refractivity (Wildman–Crippen MR) is 74.5 cm³/mol. The zero-order chi connectivity index (χ0) is 14.6. The first kappa shape index (κ1) is 15.6. The van der Waals surface area contributed by atoms with Crippen LogP contribution in [-0.2, 0) is 9.53 Å². The quantitative estimate of drug-likeness (QED) is 0.684. The van der Waals surface area contributed by atoms with Crippen LogP contribution < -0.4 is 5.73 Å². The molecule has 1 aromatic rings. The minimum atomic E-state index is -0.739. The van der Waals surface area contributed by atoms with Gasteiger partial charge in [0.2, 0.25) is 0 Å². The van der Waals surface area contributed by atoms with E-state index in [0.29, 0.717) is 12.2 Å². The first-order valence-corrected chi connectivity index (χ1v) is 6.28. The summed E-state index contributed by atoms with van der Waals surface area (Å²) in [5.74, 6) is -1.04. The van der Waals surface area contributed by atoms with Crippen LogP contribution in [0.25, 0.3) is 0 Å². The fourth-order valence-electron chi connectivity index (χ4n) is 1.25. The molecule has 19 heavy (non-hydrogen) atoms. The summed E-state index contributed by atoms with van der Waals surface area (Å²) >= 11 is 11.7. The number of carbonyl (C=O) groups is 2. The van der Waals surface area contributed by atoms with E-state index in [2.05, 4.69) is 0 Å². The van der Waals surface area contributed by atoms with E-state index in [9.17, 15) is 9.59 Å². The molecule has 1 aromatic carbocycles. The average Bonchev–Trinajstić information content (AvgIpc) is 2.38. The molecule has 1 amide bonds. The smallest absolute Gasteiger partial charge is 0.340 e. The van der Waals surface area contributed by atoms with Crippen LogP contribution in [-0.4, -0.2) is 37.0 Å². The molecule has 0 unspecified atom stereocenters. The Morgan fingerprint density at radius 3 is 2.58 bits per heavy atom. The lowest BCUT2D eigenvalue weighted by molar-refractivity contribution is -0.133. The van der Waals surface area contributed by atoms with Crippen molar-refractivity contribution in [2.45, 2.75) is 6.92 Å². The van der Waals surface area contributed by atoms with Gasteiger partial charge in [0, 0.05) is 19.3 Å². The lowest BCUT2D eigenvalue weighted by atomic mass is 10.2. The molecule has 0 saturated heterocycles. The Morgan fingerprint density at radius 1 is 1.37 bits per heavy atom. The highest BCUT2D eigenvalue weighted by atomic mass is 35.5. The Labute approximate surface area is 121 Å². The number of hydrogen-bond donors (Lipinski definition) is 1. The van der Waals surface area contributed by atoms with Crippen molar-refractivity contribution < 1.29 is 14.3 Å². The molecule has 0 bridgehead atoms.